The lowest BCUT2D eigenvalue weighted by atomic mass is 9.85. The molecule has 0 spiro atoms. The molecule has 2 aromatic heterocycles. The highest BCUT2D eigenvalue weighted by Crippen LogP contribution is 2.42. The first-order chi connectivity index (χ1) is 35.1. The second-order valence-electron chi connectivity index (χ2n) is 20.0. The van der Waals surface area contributed by atoms with E-state index in [2.05, 4.69) is 20.9 Å². The van der Waals surface area contributed by atoms with E-state index in [-0.39, 0.29) is 55.5 Å². The Hall–Kier alpha value is -7.10. The maximum absolute atomic E-state index is 14.2. The number of aromatic nitrogens is 2. The number of carbonyl (C=O) groups excluding carboxylic acids is 4. The van der Waals surface area contributed by atoms with Crippen LogP contribution in [0.15, 0.2) is 103 Å². The molecule has 2 aliphatic heterocycles. The van der Waals surface area contributed by atoms with E-state index in [1.54, 1.807) is 25.6 Å². The van der Waals surface area contributed by atoms with Gasteiger partial charge in [-0.3, -0.25) is 19.2 Å². The van der Waals surface area contributed by atoms with E-state index >= 15 is 0 Å². The Morgan fingerprint density at radius 2 is 1.55 bits per heavy atom. The van der Waals surface area contributed by atoms with Crippen molar-refractivity contribution in [3.63, 3.8) is 0 Å². The number of ether oxygens (including phenoxy) is 3. The number of fused-ring (bicyclic) bond motifs is 3. The lowest BCUT2D eigenvalue weighted by Crippen LogP contribution is -2.57. The van der Waals surface area contributed by atoms with Crippen molar-refractivity contribution in [1.82, 2.24) is 25.5 Å². The molecule has 8 rings (SSSR count). The molecule has 4 N–H and O–H groups in total. The van der Waals surface area contributed by atoms with Crippen molar-refractivity contribution in [2.24, 2.45) is 5.41 Å². The van der Waals surface area contributed by atoms with Crippen LogP contribution in [0.2, 0.25) is 0 Å². The molecule has 4 heterocycles. The van der Waals surface area contributed by atoms with Gasteiger partial charge in [-0.05, 0) is 108 Å². The maximum Gasteiger partial charge on any atom is 0.246 e. The van der Waals surface area contributed by atoms with Gasteiger partial charge in [0.15, 0.2) is 11.5 Å². The smallest absolute Gasteiger partial charge is 0.246 e. The molecule has 0 unspecified atom stereocenters. The number of nitrogens with one attached hydrogen (secondary N) is 3. The summed E-state index contributed by atoms with van der Waals surface area (Å²) in [6.07, 6.45) is 3.89. The van der Waals surface area contributed by atoms with Gasteiger partial charge >= 0.3 is 0 Å². The molecule has 6 aromatic rings. The van der Waals surface area contributed by atoms with E-state index in [0.717, 1.165) is 92.3 Å². The van der Waals surface area contributed by atoms with Crippen molar-refractivity contribution in [3.05, 3.63) is 119 Å². The average molecular weight is 1010 g/mol. The van der Waals surface area contributed by atoms with Crippen molar-refractivity contribution in [3.8, 4) is 61.3 Å². The van der Waals surface area contributed by atoms with Crippen molar-refractivity contribution in [2.45, 2.75) is 110 Å². The number of methoxy groups -OCH3 is 2. The molecule has 1 saturated heterocycles. The second-order valence-corrected chi connectivity index (χ2v) is 20.8. The van der Waals surface area contributed by atoms with Crippen LogP contribution in [-0.2, 0) is 25.6 Å². The summed E-state index contributed by atoms with van der Waals surface area (Å²) in [5.74, 6) is 0.884. The second kappa shape index (κ2) is 23.2. The maximum atomic E-state index is 14.2. The van der Waals surface area contributed by atoms with Gasteiger partial charge in [-0.15, -0.1) is 11.3 Å². The quantitative estimate of drug-likeness (QED) is 0.0570. The Bertz CT molecular complexity index is 2930. The number of unbranched alkanes of at least 4 members (excludes halogenated alkanes) is 4. The molecule has 0 bridgehead atoms. The van der Waals surface area contributed by atoms with Gasteiger partial charge in [0, 0.05) is 30.5 Å². The van der Waals surface area contributed by atoms with Crippen LogP contribution >= 0.6 is 11.3 Å². The van der Waals surface area contributed by atoms with Gasteiger partial charge < -0.3 is 40.2 Å². The van der Waals surface area contributed by atoms with Crippen LogP contribution in [0, 0.1) is 12.3 Å². The molecule has 1 fully saturated rings. The van der Waals surface area contributed by atoms with E-state index in [1.165, 1.54) is 4.90 Å². The zero-order chi connectivity index (χ0) is 51.8. The van der Waals surface area contributed by atoms with Gasteiger partial charge in [0.25, 0.3) is 0 Å². The highest BCUT2D eigenvalue weighted by atomic mass is 32.1. The molecular weight excluding hydrogens is 941 g/mol. The number of aliphatic hydroxyl groups excluding tert-OH is 1. The molecule has 14 nitrogen and oxygen atoms in total. The third-order valence-corrected chi connectivity index (χ3v) is 14.6. The number of carbonyl (C=O) groups is 4. The summed E-state index contributed by atoms with van der Waals surface area (Å²) in [6.45, 7) is 10.1. The van der Waals surface area contributed by atoms with Crippen molar-refractivity contribution in [2.75, 3.05) is 32.7 Å². The van der Waals surface area contributed by atoms with Crippen LogP contribution in [0.1, 0.15) is 95.5 Å². The molecule has 4 amide bonds. The Morgan fingerprint density at radius 3 is 2.26 bits per heavy atom. The van der Waals surface area contributed by atoms with Crippen molar-refractivity contribution in [1.29, 1.82) is 0 Å². The number of hydrogen-bond donors (Lipinski definition) is 4. The van der Waals surface area contributed by atoms with Crippen LogP contribution in [-0.4, -0.2) is 89.2 Å². The van der Waals surface area contributed by atoms with Crippen LogP contribution < -0.4 is 30.2 Å². The normalized spacial score (nSPS) is 16.1. The number of hydrogen-bond acceptors (Lipinski definition) is 11. The van der Waals surface area contributed by atoms with Crippen LogP contribution in [0.4, 0.5) is 5.69 Å². The number of β-amino-alcohol motifs (C(OH)–C–C–N with tert-alkyl or cyclic N) is 1. The minimum atomic E-state index is -0.880. The molecule has 382 valence electrons. The van der Waals surface area contributed by atoms with E-state index in [4.69, 9.17) is 19.2 Å². The SMILES string of the molecule is COc1ccc(-c2cc(-c3ccc(OCCCCCCCC(=O)N[C@H](C(=O)N4C[C@H](O)C[C@H]4C(=O)N[C@@H](C)c4ccc(-c5scnc5C)cc4)C(C)(C)C)cc3)nc3c2CC(=O)Nc2ccccc2-3)cc1OC. The first kappa shape index (κ1) is 52.2. The molecule has 73 heavy (non-hydrogen) atoms. The molecule has 2 aliphatic rings. The Kier molecular flexibility index (Phi) is 16.6. The number of aryl methyl sites for hydroxylation is 1. The number of anilines is 1. The monoisotopic (exact) mass is 1010 g/mol. The summed E-state index contributed by atoms with van der Waals surface area (Å²) < 4.78 is 17.3. The van der Waals surface area contributed by atoms with E-state index in [1.807, 2.05) is 137 Å². The molecular formula is C58H66N6O8S. The Labute approximate surface area is 431 Å². The largest absolute Gasteiger partial charge is 0.494 e. The number of amides is 4. The summed E-state index contributed by atoms with van der Waals surface area (Å²) >= 11 is 1.58. The van der Waals surface area contributed by atoms with Gasteiger partial charge in [0.05, 0.1) is 72.5 Å². The molecule has 4 aromatic carbocycles. The summed E-state index contributed by atoms with van der Waals surface area (Å²) in [5.41, 5.74) is 10.6. The van der Waals surface area contributed by atoms with Gasteiger partial charge in [0.2, 0.25) is 23.6 Å². The number of nitrogens with zero attached hydrogens (tertiary/aromatic N) is 3. The van der Waals surface area contributed by atoms with Crippen LogP contribution in [0.25, 0.3) is 44.1 Å². The van der Waals surface area contributed by atoms with Crippen molar-refractivity contribution < 1.29 is 38.5 Å². The summed E-state index contributed by atoms with van der Waals surface area (Å²) in [4.78, 5) is 66.4. The first-order valence-electron chi connectivity index (χ1n) is 25.1. The number of likely N-dealkylation sites (tertiary alicyclic amines) is 1. The third-order valence-electron chi connectivity index (χ3n) is 13.6. The number of pyridine rings is 1. The Morgan fingerprint density at radius 1 is 0.849 bits per heavy atom. The third kappa shape index (κ3) is 12.4. The fourth-order valence-corrected chi connectivity index (χ4v) is 10.4. The number of thiazole rings is 1. The fourth-order valence-electron chi connectivity index (χ4n) is 9.61. The summed E-state index contributed by atoms with van der Waals surface area (Å²) in [7, 11) is 3.20. The number of rotatable bonds is 19. The highest BCUT2D eigenvalue weighted by Gasteiger charge is 2.44. The van der Waals surface area contributed by atoms with Gasteiger partial charge in [-0.25, -0.2) is 9.97 Å². The highest BCUT2D eigenvalue weighted by molar-refractivity contribution is 7.13. The number of para-hydroxylation sites is 1. The van der Waals surface area contributed by atoms with E-state index < -0.39 is 23.6 Å². The standard InChI is InChI=1S/C58H66N6O8S/c1-35(37-18-20-39(21-19-37)54-36(2)59-34-73-54)60-56(68)48-30-41(65)33-64(48)57(69)55(58(3,4)5)63-51(66)17-11-9-8-10-14-28-72-42-25-22-38(23-26-42)47-31-44(40-24-27-49(70-6)50(29-40)71-7)45-32-52(67)61-46-16-13-12-15-43(46)53(45)62-47/h12-13,15-16,18-27,29,31,34-35,41,48,55,65H,8-11,14,17,28,30,32-33H2,1-7H3,(H,60,68)(H,61,67)(H,63,66)/t35-,41+,48-,55+/m0/s1. The first-order valence-corrected chi connectivity index (χ1v) is 26.0. The predicted octanol–water partition coefficient (Wildman–Crippen LogP) is 10.1. The molecule has 0 radical (unpaired) electrons. The topological polar surface area (TPSA) is 181 Å². The minimum absolute atomic E-state index is 0.0145. The lowest BCUT2D eigenvalue weighted by molar-refractivity contribution is -0.144. The van der Waals surface area contributed by atoms with Crippen molar-refractivity contribution >= 4 is 40.7 Å². The Balaban J connectivity index is 0.807. The van der Waals surface area contributed by atoms with Gasteiger partial charge in [0.1, 0.15) is 17.8 Å². The molecule has 15 heteroatoms. The van der Waals surface area contributed by atoms with Crippen LogP contribution in [0.3, 0.4) is 0 Å². The zero-order valence-electron chi connectivity index (χ0n) is 42.8. The van der Waals surface area contributed by atoms with Crippen LogP contribution in [0.5, 0.6) is 17.2 Å². The number of benzene rings is 4. The molecule has 0 aliphatic carbocycles. The molecule has 4 atom stereocenters. The minimum Gasteiger partial charge on any atom is -0.494 e. The predicted molar refractivity (Wildman–Crippen MR) is 286 cm³/mol. The average Bonchev–Trinajstić information content (AvgIpc) is 3.97. The lowest BCUT2D eigenvalue weighted by Gasteiger charge is -2.35. The van der Waals surface area contributed by atoms with Gasteiger partial charge in [-0.1, -0.05) is 88.6 Å². The van der Waals surface area contributed by atoms with E-state index in [0.29, 0.717) is 30.2 Å². The summed E-state index contributed by atoms with van der Waals surface area (Å²) in [5, 5.41) is 19.8. The zero-order valence-corrected chi connectivity index (χ0v) is 43.6. The van der Waals surface area contributed by atoms with Gasteiger partial charge in [-0.2, -0.15) is 0 Å². The summed E-state index contributed by atoms with van der Waals surface area (Å²) in [6, 6.07) is 29.3. The van der Waals surface area contributed by atoms with E-state index in [9.17, 15) is 24.3 Å². The number of aliphatic hydroxyl groups is 1. The molecule has 0 saturated carbocycles. The fraction of sp³-hybridized carbons (Fsp3) is 0.379.